The number of halogens is 1. The summed E-state index contributed by atoms with van der Waals surface area (Å²) in [7, 11) is 0. The number of nitro benzene ring substituents is 1. The van der Waals surface area contributed by atoms with Crippen molar-refractivity contribution in [2.75, 3.05) is 18.5 Å². The molecule has 4 N–H and O–H groups in total. The Labute approximate surface area is 117 Å². The lowest BCUT2D eigenvalue weighted by molar-refractivity contribution is -0.384. The molecular weight excluding hydrogens is 294 g/mol. The van der Waals surface area contributed by atoms with E-state index in [0.717, 1.165) is 12.1 Å². The van der Waals surface area contributed by atoms with E-state index >= 15 is 0 Å². The first-order valence-corrected chi connectivity index (χ1v) is 5.58. The molecule has 0 spiro atoms. The summed E-state index contributed by atoms with van der Waals surface area (Å²) < 4.78 is 4.44. The van der Waals surface area contributed by atoms with Gasteiger partial charge < -0.3 is 20.9 Å². The van der Waals surface area contributed by atoms with E-state index in [1.54, 1.807) is 0 Å². The predicted octanol–water partition coefficient (Wildman–Crippen LogP) is 1.45. The van der Waals surface area contributed by atoms with Crippen molar-refractivity contribution in [3.8, 4) is 0 Å². The molecule has 0 aromatic heterocycles. The fraction of sp³-hybridized carbons (Fsp3) is 0.200. The topological polar surface area (TPSA) is 145 Å². The zero-order valence-electron chi connectivity index (χ0n) is 9.96. The Hall–Kier alpha value is -2.55. The third-order valence-corrected chi connectivity index (χ3v) is 2.46. The zero-order valence-corrected chi connectivity index (χ0v) is 10.7. The Morgan fingerprint density at radius 2 is 2.15 bits per heavy atom. The van der Waals surface area contributed by atoms with Gasteiger partial charge in [-0.05, 0) is 0 Å². The van der Waals surface area contributed by atoms with Crippen molar-refractivity contribution in [3.05, 3.63) is 32.8 Å². The van der Waals surface area contributed by atoms with Crippen LogP contribution in [0.25, 0.3) is 0 Å². The number of hydrogen-bond donors (Lipinski definition) is 3. The van der Waals surface area contributed by atoms with Gasteiger partial charge in [0.15, 0.2) is 0 Å². The van der Waals surface area contributed by atoms with Crippen LogP contribution in [-0.2, 0) is 4.74 Å². The Morgan fingerprint density at radius 1 is 1.50 bits per heavy atom. The first-order chi connectivity index (χ1) is 9.32. The van der Waals surface area contributed by atoms with Crippen LogP contribution in [0, 0.1) is 10.1 Å². The van der Waals surface area contributed by atoms with Crippen LogP contribution >= 0.6 is 11.6 Å². The van der Waals surface area contributed by atoms with E-state index < -0.39 is 22.7 Å². The summed E-state index contributed by atoms with van der Waals surface area (Å²) >= 11 is 5.80. The number of nitro groups is 1. The van der Waals surface area contributed by atoms with Crippen molar-refractivity contribution >= 4 is 35.0 Å². The second kappa shape index (κ2) is 6.57. The molecule has 0 unspecified atom stereocenters. The quantitative estimate of drug-likeness (QED) is 0.409. The minimum absolute atomic E-state index is 0.00200. The number of hydrogen-bond acceptors (Lipinski definition) is 6. The van der Waals surface area contributed by atoms with Crippen molar-refractivity contribution in [1.29, 1.82) is 0 Å². The number of benzene rings is 1. The van der Waals surface area contributed by atoms with Crippen LogP contribution in [0.2, 0.25) is 5.02 Å². The average molecular weight is 304 g/mol. The number of amides is 1. The van der Waals surface area contributed by atoms with E-state index in [4.69, 9.17) is 22.4 Å². The Kier molecular flexibility index (Phi) is 5.09. The highest BCUT2D eigenvalue weighted by Crippen LogP contribution is 2.31. The van der Waals surface area contributed by atoms with Gasteiger partial charge in [-0.25, -0.2) is 9.59 Å². The Balaban J connectivity index is 2.96. The van der Waals surface area contributed by atoms with Crippen molar-refractivity contribution in [2.24, 2.45) is 5.73 Å². The number of rotatable bonds is 6. The van der Waals surface area contributed by atoms with Gasteiger partial charge in [0, 0.05) is 18.7 Å². The van der Waals surface area contributed by atoms with Crippen LogP contribution in [-0.4, -0.2) is 35.2 Å². The predicted molar refractivity (Wildman–Crippen MR) is 69.1 cm³/mol. The molecule has 20 heavy (non-hydrogen) atoms. The number of anilines is 1. The molecule has 0 bridgehead atoms. The number of ether oxygens (including phenoxy) is 1. The molecule has 9 nitrogen and oxygen atoms in total. The lowest BCUT2D eigenvalue weighted by Crippen LogP contribution is -2.19. The highest BCUT2D eigenvalue weighted by Gasteiger charge is 2.19. The summed E-state index contributed by atoms with van der Waals surface area (Å²) in [4.78, 5) is 31.3. The summed E-state index contributed by atoms with van der Waals surface area (Å²) in [6, 6.07) is 1.90. The monoisotopic (exact) mass is 303 g/mol. The lowest BCUT2D eigenvalue weighted by Gasteiger charge is -2.11. The minimum Gasteiger partial charge on any atom is -0.478 e. The second-order valence-corrected chi connectivity index (χ2v) is 3.91. The van der Waals surface area contributed by atoms with Crippen molar-refractivity contribution in [2.45, 2.75) is 0 Å². The highest BCUT2D eigenvalue weighted by atomic mass is 35.5. The van der Waals surface area contributed by atoms with Gasteiger partial charge in [-0.2, -0.15) is 0 Å². The molecule has 1 rings (SSSR count). The van der Waals surface area contributed by atoms with Gasteiger partial charge in [-0.3, -0.25) is 10.1 Å². The number of aromatic carboxylic acids is 1. The van der Waals surface area contributed by atoms with Crippen molar-refractivity contribution < 1.29 is 24.4 Å². The molecule has 0 saturated carbocycles. The number of carbonyl (C=O) groups is 2. The number of carboxylic acid groups (broad SMARTS) is 1. The second-order valence-electron chi connectivity index (χ2n) is 3.51. The van der Waals surface area contributed by atoms with Crippen LogP contribution in [0.4, 0.5) is 16.2 Å². The minimum atomic E-state index is -1.38. The van der Waals surface area contributed by atoms with Crippen molar-refractivity contribution in [3.63, 3.8) is 0 Å². The summed E-state index contributed by atoms with van der Waals surface area (Å²) in [6.45, 7) is -0.0670. The number of nitrogens with zero attached hydrogens (tertiary/aromatic N) is 1. The molecule has 0 heterocycles. The van der Waals surface area contributed by atoms with Gasteiger partial charge in [0.25, 0.3) is 5.69 Å². The maximum Gasteiger partial charge on any atom is 0.404 e. The van der Waals surface area contributed by atoms with E-state index in [1.807, 2.05) is 0 Å². The third-order valence-electron chi connectivity index (χ3n) is 2.16. The molecule has 0 atom stereocenters. The van der Waals surface area contributed by atoms with E-state index in [1.165, 1.54) is 0 Å². The zero-order chi connectivity index (χ0) is 15.3. The first-order valence-electron chi connectivity index (χ1n) is 5.20. The number of nitrogens with two attached hydrogens (primary N) is 1. The van der Waals surface area contributed by atoms with Gasteiger partial charge >= 0.3 is 12.1 Å². The van der Waals surface area contributed by atoms with Gasteiger partial charge in [0.2, 0.25) is 0 Å². The molecule has 0 fully saturated rings. The van der Waals surface area contributed by atoms with Gasteiger partial charge in [-0.15, -0.1) is 0 Å². The summed E-state index contributed by atoms with van der Waals surface area (Å²) in [5.74, 6) is -1.38. The standard InChI is InChI=1S/C10H10ClN3O6/c11-7-4-5(14(18)19)3-6(9(15)16)8(7)13-1-2-20-10(12)17/h3-4,13H,1-2H2,(H2,12,17)(H,15,16). The average Bonchev–Trinajstić information content (AvgIpc) is 2.34. The highest BCUT2D eigenvalue weighted by molar-refractivity contribution is 6.34. The van der Waals surface area contributed by atoms with Gasteiger partial charge in [-0.1, -0.05) is 11.6 Å². The Morgan fingerprint density at radius 3 is 2.65 bits per heavy atom. The summed E-state index contributed by atoms with van der Waals surface area (Å²) in [5.41, 5.74) is 3.95. The fourth-order valence-corrected chi connectivity index (χ4v) is 1.65. The van der Waals surface area contributed by atoms with Gasteiger partial charge in [0.1, 0.15) is 6.61 Å². The number of carbonyl (C=O) groups excluding carboxylic acids is 1. The SMILES string of the molecule is NC(=O)OCCNc1c(Cl)cc([N+](=O)[O-])cc1C(=O)O. The molecular formula is C10H10ClN3O6. The number of primary amides is 1. The Bertz CT molecular complexity index is 562. The molecule has 0 aliphatic carbocycles. The van der Waals surface area contributed by atoms with Crippen molar-refractivity contribution in [1.82, 2.24) is 0 Å². The number of non-ortho nitro benzene ring substituents is 1. The molecule has 108 valence electrons. The molecule has 0 aliphatic rings. The lowest BCUT2D eigenvalue weighted by atomic mass is 10.1. The van der Waals surface area contributed by atoms with Crippen LogP contribution in [0.3, 0.4) is 0 Å². The molecule has 1 aromatic rings. The molecule has 10 heteroatoms. The van der Waals surface area contributed by atoms with E-state index in [2.05, 4.69) is 10.1 Å². The smallest absolute Gasteiger partial charge is 0.404 e. The number of nitrogens with one attached hydrogen (secondary N) is 1. The molecule has 0 radical (unpaired) electrons. The molecule has 1 amide bonds. The first kappa shape index (κ1) is 15.5. The van der Waals surface area contributed by atoms with Crippen LogP contribution < -0.4 is 11.1 Å². The van der Waals surface area contributed by atoms with Gasteiger partial charge in [0.05, 0.1) is 21.2 Å². The number of carboxylic acids is 1. The summed E-state index contributed by atoms with van der Waals surface area (Å²) in [6.07, 6.45) is -0.972. The third kappa shape index (κ3) is 3.99. The maximum atomic E-state index is 11.1. The molecule has 1 aromatic carbocycles. The van der Waals surface area contributed by atoms with E-state index in [0.29, 0.717) is 0 Å². The van der Waals surface area contributed by atoms with Crippen LogP contribution in [0.1, 0.15) is 10.4 Å². The van der Waals surface area contributed by atoms with Crippen LogP contribution in [0.5, 0.6) is 0 Å². The maximum absolute atomic E-state index is 11.1. The van der Waals surface area contributed by atoms with Crippen LogP contribution in [0.15, 0.2) is 12.1 Å². The fourth-order valence-electron chi connectivity index (χ4n) is 1.37. The normalized spacial score (nSPS) is 9.85. The van der Waals surface area contributed by atoms with E-state index in [-0.39, 0.29) is 29.4 Å². The molecule has 0 aliphatic heterocycles. The van der Waals surface area contributed by atoms with E-state index in [9.17, 15) is 19.7 Å². The largest absolute Gasteiger partial charge is 0.478 e. The molecule has 0 saturated heterocycles. The summed E-state index contributed by atoms with van der Waals surface area (Å²) in [5, 5.41) is 22.1.